The van der Waals surface area contributed by atoms with Crippen LogP contribution in [0.1, 0.15) is 60.8 Å². The number of rotatable bonds is 7. The zero-order valence-corrected chi connectivity index (χ0v) is 23.5. The van der Waals surface area contributed by atoms with E-state index in [4.69, 9.17) is 14.2 Å². The van der Waals surface area contributed by atoms with Crippen LogP contribution in [0.5, 0.6) is 11.5 Å². The molecule has 40 heavy (non-hydrogen) atoms. The van der Waals surface area contributed by atoms with Gasteiger partial charge in [-0.2, -0.15) is 0 Å². The van der Waals surface area contributed by atoms with Crippen LogP contribution in [0.2, 0.25) is 0 Å². The number of hydrogen-bond acceptors (Lipinski definition) is 7. The maximum absolute atomic E-state index is 13.6. The predicted octanol–water partition coefficient (Wildman–Crippen LogP) is 5.80. The molecular formula is C32H33NO7. The van der Waals surface area contributed by atoms with Crippen LogP contribution in [-0.4, -0.2) is 43.6 Å². The molecule has 1 aliphatic heterocycles. The second kappa shape index (κ2) is 11.3. The van der Waals surface area contributed by atoms with Crippen molar-refractivity contribution in [1.82, 2.24) is 0 Å². The normalized spacial score (nSPS) is 16.6. The van der Waals surface area contributed by atoms with Crippen molar-refractivity contribution in [2.45, 2.75) is 39.2 Å². The fourth-order valence-electron chi connectivity index (χ4n) is 4.86. The number of nitrogens with zero attached hydrogens (tertiary/aromatic N) is 1. The first-order valence-electron chi connectivity index (χ1n) is 12.9. The summed E-state index contributed by atoms with van der Waals surface area (Å²) in [5.74, 6) is -1.36. The molecule has 0 spiro atoms. The van der Waals surface area contributed by atoms with Crippen molar-refractivity contribution in [3.8, 4) is 11.5 Å². The van der Waals surface area contributed by atoms with Crippen LogP contribution < -0.4 is 14.4 Å². The SMILES string of the molecule is CCOc1ccc(/C(O)=C2\C(=O)C(=O)N(c3ccc(C(=O)OC)cc3)C2c2ccccc2OC)cc1C(C)(C)C. The molecule has 3 aromatic carbocycles. The summed E-state index contributed by atoms with van der Waals surface area (Å²) in [6, 6.07) is 17.4. The number of carbonyl (C=O) groups is 3. The summed E-state index contributed by atoms with van der Waals surface area (Å²) in [6.45, 7) is 8.45. The Kier molecular flexibility index (Phi) is 8.00. The van der Waals surface area contributed by atoms with Gasteiger partial charge < -0.3 is 19.3 Å². The van der Waals surface area contributed by atoms with E-state index in [1.807, 2.05) is 27.7 Å². The quantitative estimate of drug-likeness (QED) is 0.174. The number of Topliss-reactive ketones (excluding diaryl/α,β-unsaturated/α-hetero) is 1. The maximum Gasteiger partial charge on any atom is 0.337 e. The molecule has 1 fully saturated rings. The fraction of sp³-hybridized carbons (Fsp3) is 0.281. The number of aliphatic hydroxyl groups is 1. The lowest BCUT2D eigenvalue weighted by atomic mass is 9.84. The van der Waals surface area contributed by atoms with Gasteiger partial charge in [0.2, 0.25) is 0 Å². The van der Waals surface area contributed by atoms with Crippen molar-refractivity contribution in [3.63, 3.8) is 0 Å². The minimum atomic E-state index is -0.996. The number of benzene rings is 3. The number of esters is 1. The molecule has 3 aromatic rings. The van der Waals surface area contributed by atoms with E-state index in [2.05, 4.69) is 0 Å². The summed E-state index contributed by atoms with van der Waals surface area (Å²) in [4.78, 5) is 40.4. The number of carbonyl (C=O) groups excluding carboxylic acids is 3. The molecule has 1 heterocycles. The van der Waals surface area contributed by atoms with Crippen molar-refractivity contribution in [2.75, 3.05) is 25.7 Å². The Balaban J connectivity index is 1.95. The van der Waals surface area contributed by atoms with Crippen LogP contribution in [0.3, 0.4) is 0 Å². The van der Waals surface area contributed by atoms with E-state index in [1.54, 1.807) is 54.6 Å². The smallest absolute Gasteiger partial charge is 0.337 e. The lowest BCUT2D eigenvalue weighted by Crippen LogP contribution is -2.29. The van der Waals surface area contributed by atoms with E-state index < -0.39 is 23.7 Å². The number of aliphatic hydroxyl groups excluding tert-OH is 1. The van der Waals surface area contributed by atoms with E-state index in [9.17, 15) is 19.5 Å². The van der Waals surface area contributed by atoms with Crippen LogP contribution in [0, 0.1) is 0 Å². The van der Waals surface area contributed by atoms with Gasteiger partial charge in [0.05, 0.1) is 38.0 Å². The van der Waals surface area contributed by atoms with E-state index in [1.165, 1.54) is 31.3 Å². The van der Waals surface area contributed by atoms with Crippen LogP contribution in [0.4, 0.5) is 5.69 Å². The molecule has 0 radical (unpaired) electrons. The number of anilines is 1. The molecule has 0 bridgehead atoms. The summed E-state index contributed by atoms with van der Waals surface area (Å²) < 4.78 is 16.2. The number of amides is 1. The van der Waals surface area contributed by atoms with Crippen molar-refractivity contribution < 1.29 is 33.7 Å². The molecule has 8 heteroatoms. The topological polar surface area (TPSA) is 102 Å². The zero-order valence-electron chi connectivity index (χ0n) is 23.5. The van der Waals surface area contributed by atoms with Crippen LogP contribution in [0.25, 0.3) is 5.76 Å². The number of ketones is 1. The van der Waals surface area contributed by atoms with Gasteiger partial charge in [0.15, 0.2) is 0 Å². The summed E-state index contributed by atoms with van der Waals surface area (Å²) in [5.41, 5.74) is 2.01. The van der Waals surface area contributed by atoms with Crippen molar-refractivity contribution >= 4 is 29.1 Å². The van der Waals surface area contributed by atoms with E-state index in [-0.39, 0.29) is 16.7 Å². The monoisotopic (exact) mass is 543 g/mol. The summed E-state index contributed by atoms with van der Waals surface area (Å²) in [6.07, 6.45) is 0. The summed E-state index contributed by atoms with van der Waals surface area (Å²) >= 11 is 0. The Bertz CT molecular complexity index is 1480. The van der Waals surface area contributed by atoms with E-state index in [0.29, 0.717) is 40.5 Å². The largest absolute Gasteiger partial charge is 0.507 e. The average molecular weight is 544 g/mol. The van der Waals surface area contributed by atoms with Gasteiger partial charge >= 0.3 is 5.97 Å². The number of ether oxygens (including phenoxy) is 3. The molecule has 208 valence electrons. The molecule has 4 rings (SSSR count). The van der Waals surface area contributed by atoms with Crippen molar-refractivity contribution in [3.05, 3.63) is 94.6 Å². The first-order chi connectivity index (χ1) is 19.0. The molecule has 8 nitrogen and oxygen atoms in total. The second-order valence-electron chi connectivity index (χ2n) is 10.3. The van der Waals surface area contributed by atoms with Gasteiger partial charge in [0.1, 0.15) is 17.3 Å². The third-order valence-corrected chi connectivity index (χ3v) is 6.81. The van der Waals surface area contributed by atoms with Crippen molar-refractivity contribution in [2.24, 2.45) is 0 Å². The van der Waals surface area contributed by atoms with Gasteiger partial charge in [-0.1, -0.05) is 39.0 Å². The molecule has 0 saturated carbocycles. The third-order valence-electron chi connectivity index (χ3n) is 6.81. The van der Waals surface area contributed by atoms with Gasteiger partial charge in [0.25, 0.3) is 11.7 Å². The maximum atomic E-state index is 13.6. The lowest BCUT2D eigenvalue weighted by Gasteiger charge is -2.27. The Morgan fingerprint density at radius 2 is 1.57 bits per heavy atom. The number of para-hydroxylation sites is 1. The van der Waals surface area contributed by atoms with E-state index >= 15 is 0 Å². The highest BCUT2D eigenvalue weighted by Crippen LogP contribution is 2.45. The molecule has 1 unspecified atom stereocenters. The van der Waals surface area contributed by atoms with Crippen LogP contribution in [0.15, 0.2) is 72.3 Å². The zero-order chi connectivity index (χ0) is 29.2. The fourth-order valence-corrected chi connectivity index (χ4v) is 4.86. The Morgan fingerprint density at radius 3 is 2.17 bits per heavy atom. The molecule has 1 amide bonds. The molecule has 1 saturated heterocycles. The van der Waals surface area contributed by atoms with Gasteiger partial charge in [-0.05, 0) is 60.9 Å². The highest BCUT2D eigenvalue weighted by Gasteiger charge is 2.48. The minimum Gasteiger partial charge on any atom is -0.507 e. The first-order valence-corrected chi connectivity index (χ1v) is 12.9. The van der Waals surface area contributed by atoms with Crippen LogP contribution in [-0.2, 0) is 19.7 Å². The van der Waals surface area contributed by atoms with Gasteiger partial charge in [-0.3, -0.25) is 14.5 Å². The molecule has 1 atom stereocenters. The molecule has 1 N–H and O–H groups in total. The molecule has 0 aromatic heterocycles. The van der Waals surface area contributed by atoms with Gasteiger partial charge in [0, 0.05) is 22.4 Å². The van der Waals surface area contributed by atoms with E-state index in [0.717, 1.165) is 5.56 Å². The lowest BCUT2D eigenvalue weighted by molar-refractivity contribution is -0.132. The molecule has 0 aliphatic carbocycles. The second-order valence-corrected chi connectivity index (χ2v) is 10.3. The standard InChI is InChI=1S/C32H33NO7/c1-7-40-25-17-14-20(18-23(25)32(2,3)4)28(34)26-27(22-10-8-9-11-24(22)38-5)33(30(36)29(26)35)21-15-12-19(13-16-21)31(37)39-6/h8-18,27,34H,7H2,1-6H3/b28-26+. The summed E-state index contributed by atoms with van der Waals surface area (Å²) in [5, 5.41) is 11.7. The highest BCUT2D eigenvalue weighted by atomic mass is 16.5. The average Bonchev–Trinajstić information content (AvgIpc) is 3.21. The van der Waals surface area contributed by atoms with Crippen LogP contribution >= 0.6 is 0 Å². The van der Waals surface area contributed by atoms with Crippen molar-refractivity contribution in [1.29, 1.82) is 0 Å². The Hall–Kier alpha value is -4.59. The Labute approximate surface area is 233 Å². The summed E-state index contributed by atoms with van der Waals surface area (Å²) in [7, 11) is 2.78. The minimum absolute atomic E-state index is 0.0736. The molecular weight excluding hydrogens is 510 g/mol. The predicted molar refractivity (Wildman–Crippen MR) is 152 cm³/mol. The molecule has 1 aliphatic rings. The highest BCUT2D eigenvalue weighted by molar-refractivity contribution is 6.51. The first kappa shape index (κ1) is 28.4. The number of methoxy groups -OCH3 is 2. The number of hydrogen-bond donors (Lipinski definition) is 1. The van der Waals surface area contributed by atoms with Gasteiger partial charge in [-0.25, -0.2) is 4.79 Å². The third kappa shape index (κ3) is 5.17. The Morgan fingerprint density at radius 1 is 0.925 bits per heavy atom. The van der Waals surface area contributed by atoms with Gasteiger partial charge in [-0.15, -0.1) is 0 Å².